The van der Waals surface area contributed by atoms with Gasteiger partial charge in [-0.25, -0.2) is 4.39 Å². The molecule has 25 heavy (non-hydrogen) atoms. The van der Waals surface area contributed by atoms with E-state index >= 15 is 0 Å². The fourth-order valence-electron chi connectivity index (χ4n) is 3.88. The SMILES string of the molecule is CC(C)(C(=O)N1CCCC(N2CCNCC2=O)C1)c1ccccc1F. The lowest BCUT2D eigenvalue weighted by atomic mass is 9.82. The van der Waals surface area contributed by atoms with Crippen LogP contribution in [0.1, 0.15) is 32.3 Å². The molecule has 1 N–H and O–H groups in total. The largest absolute Gasteiger partial charge is 0.340 e. The zero-order chi connectivity index (χ0) is 18.0. The van der Waals surface area contributed by atoms with Crippen molar-refractivity contribution in [1.82, 2.24) is 15.1 Å². The fourth-order valence-corrected chi connectivity index (χ4v) is 3.88. The third kappa shape index (κ3) is 3.54. The van der Waals surface area contributed by atoms with Crippen molar-refractivity contribution in [3.05, 3.63) is 35.6 Å². The molecule has 1 unspecified atom stereocenters. The first kappa shape index (κ1) is 17.9. The van der Waals surface area contributed by atoms with Crippen LogP contribution in [0.2, 0.25) is 0 Å². The van der Waals surface area contributed by atoms with Gasteiger partial charge >= 0.3 is 0 Å². The lowest BCUT2D eigenvalue weighted by Crippen LogP contribution is -2.58. The number of hydrogen-bond donors (Lipinski definition) is 1. The van der Waals surface area contributed by atoms with Gasteiger partial charge in [-0.05, 0) is 32.8 Å². The van der Waals surface area contributed by atoms with Gasteiger partial charge in [-0.15, -0.1) is 0 Å². The minimum absolute atomic E-state index is 0.0590. The van der Waals surface area contributed by atoms with E-state index in [1.807, 2.05) is 4.90 Å². The Bertz CT molecular complexity index is 662. The molecule has 0 aliphatic carbocycles. The smallest absolute Gasteiger partial charge is 0.236 e. The highest BCUT2D eigenvalue weighted by Gasteiger charge is 2.39. The molecule has 2 aliphatic rings. The molecular weight excluding hydrogens is 321 g/mol. The number of hydrogen-bond acceptors (Lipinski definition) is 3. The molecule has 6 heteroatoms. The van der Waals surface area contributed by atoms with Gasteiger partial charge in [-0.2, -0.15) is 0 Å². The quantitative estimate of drug-likeness (QED) is 0.902. The van der Waals surface area contributed by atoms with Crippen molar-refractivity contribution in [2.24, 2.45) is 0 Å². The van der Waals surface area contributed by atoms with Crippen LogP contribution in [0.4, 0.5) is 4.39 Å². The number of likely N-dealkylation sites (tertiary alicyclic amines) is 1. The van der Waals surface area contributed by atoms with Gasteiger partial charge in [0.1, 0.15) is 5.82 Å². The first-order valence-electron chi connectivity index (χ1n) is 8.96. The standard InChI is InChI=1S/C19H26FN3O2/c1-19(2,15-7-3-4-8-16(15)20)18(25)22-10-5-6-14(13-22)23-11-9-21-12-17(23)24/h3-4,7-8,14,21H,5-6,9-13H2,1-2H3. The van der Waals surface area contributed by atoms with Crippen LogP contribution in [0.25, 0.3) is 0 Å². The van der Waals surface area contributed by atoms with E-state index in [4.69, 9.17) is 0 Å². The van der Waals surface area contributed by atoms with Crippen molar-refractivity contribution in [3.8, 4) is 0 Å². The van der Waals surface area contributed by atoms with E-state index in [1.165, 1.54) is 6.07 Å². The minimum Gasteiger partial charge on any atom is -0.340 e. The average Bonchev–Trinajstić information content (AvgIpc) is 2.62. The maximum Gasteiger partial charge on any atom is 0.236 e. The van der Waals surface area contributed by atoms with Gasteiger partial charge in [-0.1, -0.05) is 18.2 Å². The van der Waals surface area contributed by atoms with Crippen molar-refractivity contribution in [2.45, 2.75) is 38.1 Å². The fraction of sp³-hybridized carbons (Fsp3) is 0.579. The molecule has 1 atom stereocenters. The molecule has 2 saturated heterocycles. The summed E-state index contributed by atoms with van der Waals surface area (Å²) in [7, 11) is 0. The summed E-state index contributed by atoms with van der Waals surface area (Å²) in [5.74, 6) is -0.338. The zero-order valence-electron chi connectivity index (χ0n) is 14.9. The average molecular weight is 347 g/mol. The van der Waals surface area contributed by atoms with Crippen LogP contribution in [-0.4, -0.2) is 60.4 Å². The van der Waals surface area contributed by atoms with Crippen LogP contribution in [-0.2, 0) is 15.0 Å². The third-order valence-corrected chi connectivity index (χ3v) is 5.33. The Labute approximate surface area is 148 Å². The van der Waals surface area contributed by atoms with E-state index in [0.29, 0.717) is 31.7 Å². The first-order valence-corrected chi connectivity index (χ1v) is 8.96. The number of amides is 2. The summed E-state index contributed by atoms with van der Waals surface area (Å²) in [6.07, 6.45) is 1.77. The van der Waals surface area contributed by atoms with Crippen LogP contribution in [0.5, 0.6) is 0 Å². The molecule has 136 valence electrons. The third-order valence-electron chi connectivity index (χ3n) is 5.33. The molecule has 5 nitrogen and oxygen atoms in total. The summed E-state index contributed by atoms with van der Waals surface area (Å²) in [6.45, 7) is 6.57. The molecule has 2 fully saturated rings. The first-order chi connectivity index (χ1) is 11.9. The van der Waals surface area contributed by atoms with Crippen LogP contribution in [0.15, 0.2) is 24.3 Å². The van der Waals surface area contributed by atoms with Gasteiger partial charge < -0.3 is 15.1 Å². The molecule has 2 amide bonds. The number of halogens is 1. The predicted octanol–water partition coefficient (Wildman–Crippen LogP) is 1.53. The van der Waals surface area contributed by atoms with Gasteiger partial charge in [0.2, 0.25) is 11.8 Å². The van der Waals surface area contributed by atoms with E-state index in [0.717, 1.165) is 19.4 Å². The Balaban J connectivity index is 1.75. The van der Waals surface area contributed by atoms with Crippen molar-refractivity contribution in [2.75, 3.05) is 32.7 Å². The topological polar surface area (TPSA) is 52.7 Å². The lowest BCUT2D eigenvalue weighted by molar-refractivity contribution is -0.143. The molecule has 0 spiro atoms. The number of nitrogens with one attached hydrogen (secondary N) is 1. The second-order valence-electron chi connectivity index (χ2n) is 7.42. The van der Waals surface area contributed by atoms with Crippen LogP contribution in [0, 0.1) is 5.82 Å². The monoisotopic (exact) mass is 347 g/mol. The van der Waals surface area contributed by atoms with Crippen LogP contribution in [0.3, 0.4) is 0 Å². The number of piperidine rings is 1. The molecule has 1 aromatic carbocycles. The van der Waals surface area contributed by atoms with Gasteiger partial charge in [-0.3, -0.25) is 9.59 Å². The summed E-state index contributed by atoms with van der Waals surface area (Å²) < 4.78 is 14.2. The molecular formula is C19H26FN3O2. The van der Waals surface area contributed by atoms with E-state index in [-0.39, 0.29) is 23.7 Å². The molecule has 0 saturated carbocycles. The Morgan fingerprint density at radius 1 is 1.28 bits per heavy atom. The number of rotatable bonds is 3. The number of carbonyl (C=O) groups is 2. The number of benzene rings is 1. The zero-order valence-corrected chi connectivity index (χ0v) is 14.9. The van der Waals surface area contributed by atoms with Gasteiger partial charge in [0.15, 0.2) is 0 Å². The van der Waals surface area contributed by atoms with Crippen LogP contribution < -0.4 is 5.32 Å². The summed E-state index contributed by atoms with van der Waals surface area (Å²) in [4.78, 5) is 29.0. The summed E-state index contributed by atoms with van der Waals surface area (Å²) in [5.41, 5.74) is -0.513. The Kier molecular flexibility index (Phi) is 5.08. The molecule has 2 heterocycles. The summed E-state index contributed by atoms with van der Waals surface area (Å²) in [5, 5.41) is 3.08. The van der Waals surface area contributed by atoms with Crippen molar-refractivity contribution in [3.63, 3.8) is 0 Å². The van der Waals surface area contributed by atoms with Crippen molar-refractivity contribution in [1.29, 1.82) is 0 Å². The number of carbonyl (C=O) groups excluding carboxylic acids is 2. The lowest BCUT2D eigenvalue weighted by Gasteiger charge is -2.43. The van der Waals surface area contributed by atoms with E-state index in [9.17, 15) is 14.0 Å². The minimum atomic E-state index is -0.930. The highest BCUT2D eigenvalue weighted by molar-refractivity contribution is 5.87. The van der Waals surface area contributed by atoms with Crippen molar-refractivity contribution >= 4 is 11.8 Å². The second-order valence-corrected chi connectivity index (χ2v) is 7.42. The Morgan fingerprint density at radius 3 is 2.76 bits per heavy atom. The molecule has 2 aliphatic heterocycles. The summed E-state index contributed by atoms with van der Waals surface area (Å²) in [6, 6.07) is 6.51. The number of piperazine rings is 1. The maximum atomic E-state index is 14.2. The van der Waals surface area contributed by atoms with Gasteiger partial charge in [0.25, 0.3) is 0 Å². The Morgan fingerprint density at radius 2 is 2.04 bits per heavy atom. The highest BCUT2D eigenvalue weighted by Crippen LogP contribution is 2.30. The molecule has 1 aromatic rings. The van der Waals surface area contributed by atoms with Crippen molar-refractivity contribution < 1.29 is 14.0 Å². The van der Waals surface area contributed by atoms with Crippen LogP contribution >= 0.6 is 0 Å². The predicted molar refractivity (Wildman–Crippen MR) is 93.6 cm³/mol. The molecule has 3 rings (SSSR count). The molecule has 0 bridgehead atoms. The van der Waals surface area contributed by atoms with Gasteiger partial charge in [0.05, 0.1) is 12.0 Å². The normalized spacial score (nSPS) is 22.2. The molecule has 0 aromatic heterocycles. The van der Waals surface area contributed by atoms with E-state index in [1.54, 1.807) is 36.9 Å². The summed E-state index contributed by atoms with van der Waals surface area (Å²) >= 11 is 0. The highest BCUT2D eigenvalue weighted by atomic mass is 19.1. The molecule has 0 radical (unpaired) electrons. The van der Waals surface area contributed by atoms with Gasteiger partial charge in [0, 0.05) is 37.8 Å². The maximum absolute atomic E-state index is 14.2. The van der Waals surface area contributed by atoms with E-state index < -0.39 is 5.41 Å². The Hall–Kier alpha value is -1.95. The number of nitrogens with zero attached hydrogens (tertiary/aromatic N) is 2. The second kappa shape index (κ2) is 7.12. The van der Waals surface area contributed by atoms with E-state index in [2.05, 4.69) is 5.32 Å².